The van der Waals surface area contributed by atoms with Crippen molar-refractivity contribution in [2.75, 3.05) is 11.4 Å². The molecule has 0 aliphatic carbocycles. The third kappa shape index (κ3) is 2.31. The zero-order chi connectivity index (χ0) is 11.0. The minimum atomic E-state index is -0.571. The summed E-state index contributed by atoms with van der Waals surface area (Å²) in [5.74, 6) is 0.551. The fraction of sp³-hybridized carbons (Fsp3) is 0.333. The Kier molecular flexibility index (Phi) is 3.27. The predicted octanol–water partition coefficient (Wildman–Crippen LogP) is 1.55. The standard InChI is InChI=1S/C9H8BrIN2O2/c10-5-1-7(11)9(12-3-5)13-4-6(14)2-8(13)15/h1,3,6,14H,2,4H2. The normalized spacial score (nSPS) is 21.1. The van der Waals surface area contributed by atoms with E-state index in [1.54, 1.807) is 6.20 Å². The Morgan fingerprint density at radius 2 is 2.40 bits per heavy atom. The molecule has 0 saturated carbocycles. The van der Waals surface area contributed by atoms with Crippen molar-refractivity contribution in [2.24, 2.45) is 0 Å². The molecule has 0 bridgehead atoms. The van der Waals surface area contributed by atoms with Crippen molar-refractivity contribution in [2.45, 2.75) is 12.5 Å². The molecular formula is C9H8BrIN2O2. The zero-order valence-corrected chi connectivity index (χ0v) is 11.4. The number of carbonyl (C=O) groups excluding carboxylic acids is 1. The van der Waals surface area contributed by atoms with Gasteiger partial charge in [0.2, 0.25) is 5.91 Å². The van der Waals surface area contributed by atoms with Gasteiger partial charge in [0.1, 0.15) is 5.82 Å². The first-order valence-corrected chi connectivity index (χ1v) is 6.24. The van der Waals surface area contributed by atoms with Gasteiger partial charge < -0.3 is 5.11 Å². The summed E-state index contributed by atoms with van der Waals surface area (Å²) in [7, 11) is 0. The molecule has 4 nitrogen and oxygen atoms in total. The highest BCUT2D eigenvalue weighted by Gasteiger charge is 2.30. The van der Waals surface area contributed by atoms with Gasteiger partial charge in [0.05, 0.1) is 22.6 Å². The Morgan fingerprint density at radius 1 is 1.67 bits per heavy atom. The Labute approximate surface area is 109 Å². The van der Waals surface area contributed by atoms with E-state index in [2.05, 4.69) is 43.5 Å². The number of halogens is 2. The molecule has 1 aromatic rings. The van der Waals surface area contributed by atoms with Crippen LogP contribution in [-0.2, 0) is 4.79 Å². The quantitative estimate of drug-likeness (QED) is 0.750. The number of rotatable bonds is 1. The molecule has 1 aliphatic heterocycles. The lowest BCUT2D eigenvalue weighted by Gasteiger charge is -2.16. The summed E-state index contributed by atoms with van der Waals surface area (Å²) in [5.41, 5.74) is 0. The molecule has 1 fully saturated rings. The Bertz CT molecular complexity index is 413. The van der Waals surface area contributed by atoms with Gasteiger partial charge >= 0.3 is 0 Å². The molecular weight excluding hydrogens is 375 g/mol. The molecule has 1 saturated heterocycles. The van der Waals surface area contributed by atoms with E-state index in [1.165, 1.54) is 4.90 Å². The molecule has 1 aliphatic rings. The number of carbonyl (C=O) groups is 1. The van der Waals surface area contributed by atoms with Crippen molar-refractivity contribution >= 4 is 50.2 Å². The number of β-amino-alcohol motifs (C(OH)–C–C–N with tert-alkyl or cyclic N) is 1. The van der Waals surface area contributed by atoms with Crippen LogP contribution in [0.3, 0.4) is 0 Å². The van der Waals surface area contributed by atoms with Gasteiger partial charge in [0.15, 0.2) is 0 Å². The van der Waals surface area contributed by atoms with Crippen molar-refractivity contribution in [3.63, 3.8) is 0 Å². The number of amides is 1. The maximum atomic E-state index is 11.5. The van der Waals surface area contributed by atoms with E-state index in [9.17, 15) is 9.90 Å². The monoisotopic (exact) mass is 382 g/mol. The minimum absolute atomic E-state index is 0.0739. The molecule has 1 N–H and O–H groups in total. The first-order chi connectivity index (χ1) is 7.08. The predicted molar refractivity (Wildman–Crippen MR) is 67.6 cm³/mol. The van der Waals surface area contributed by atoms with E-state index < -0.39 is 6.10 Å². The summed E-state index contributed by atoms with van der Waals surface area (Å²) < 4.78 is 1.77. The Hall–Kier alpha value is -0.210. The van der Waals surface area contributed by atoms with E-state index in [4.69, 9.17) is 0 Å². The average molecular weight is 383 g/mol. The van der Waals surface area contributed by atoms with Gasteiger partial charge in [-0.15, -0.1) is 0 Å². The molecule has 0 spiro atoms. The molecule has 80 valence electrons. The van der Waals surface area contributed by atoms with E-state index in [0.717, 1.165) is 8.04 Å². The molecule has 1 atom stereocenters. The van der Waals surface area contributed by atoms with Gasteiger partial charge in [-0.05, 0) is 44.6 Å². The highest BCUT2D eigenvalue weighted by Crippen LogP contribution is 2.26. The number of aromatic nitrogens is 1. The summed E-state index contributed by atoms with van der Waals surface area (Å²) in [6.45, 7) is 0.337. The van der Waals surface area contributed by atoms with Crippen LogP contribution in [0.2, 0.25) is 0 Å². The highest BCUT2D eigenvalue weighted by molar-refractivity contribution is 14.1. The van der Waals surface area contributed by atoms with Crippen molar-refractivity contribution in [3.8, 4) is 0 Å². The molecule has 0 aromatic carbocycles. The minimum Gasteiger partial charge on any atom is -0.391 e. The lowest BCUT2D eigenvalue weighted by Crippen LogP contribution is -2.27. The molecule has 1 aromatic heterocycles. The smallest absolute Gasteiger partial charge is 0.230 e. The first-order valence-electron chi connectivity index (χ1n) is 4.37. The number of nitrogens with zero attached hydrogens (tertiary/aromatic N) is 2. The van der Waals surface area contributed by atoms with Gasteiger partial charge in [-0.1, -0.05) is 0 Å². The second-order valence-electron chi connectivity index (χ2n) is 3.32. The van der Waals surface area contributed by atoms with E-state index in [0.29, 0.717) is 12.4 Å². The lowest BCUT2D eigenvalue weighted by molar-refractivity contribution is -0.117. The second-order valence-corrected chi connectivity index (χ2v) is 5.40. The SMILES string of the molecule is O=C1CC(O)CN1c1ncc(Br)cc1I. The molecule has 1 amide bonds. The molecule has 1 unspecified atom stereocenters. The third-order valence-corrected chi connectivity index (χ3v) is 3.38. The van der Waals surface area contributed by atoms with Crippen molar-refractivity contribution < 1.29 is 9.90 Å². The van der Waals surface area contributed by atoms with Gasteiger partial charge in [-0.3, -0.25) is 9.69 Å². The Morgan fingerprint density at radius 3 is 2.93 bits per heavy atom. The fourth-order valence-corrected chi connectivity index (χ4v) is 3.02. The zero-order valence-electron chi connectivity index (χ0n) is 7.65. The molecule has 0 radical (unpaired) electrons. The van der Waals surface area contributed by atoms with Crippen LogP contribution in [0.1, 0.15) is 6.42 Å². The molecule has 2 heterocycles. The summed E-state index contributed by atoms with van der Waals surface area (Å²) in [6.07, 6.45) is 1.27. The van der Waals surface area contributed by atoms with Crippen LogP contribution in [0.4, 0.5) is 5.82 Å². The summed E-state index contributed by atoms with van der Waals surface area (Å²) in [6, 6.07) is 1.89. The van der Waals surface area contributed by atoms with E-state index >= 15 is 0 Å². The molecule has 6 heteroatoms. The molecule has 15 heavy (non-hydrogen) atoms. The van der Waals surface area contributed by atoms with Crippen molar-refractivity contribution in [1.82, 2.24) is 4.98 Å². The van der Waals surface area contributed by atoms with Crippen LogP contribution in [0, 0.1) is 3.57 Å². The number of anilines is 1. The van der Waals surface area contributed by atoms with E-state index in [-0.39, 0.29) is 12.3 Å². The van der Waals surface area contributed by atoms with E-state index in [1.807, 2.05) is 6.07 Å². The summed E-state index contributed by atoms with van der Waals surface area (Å²) in [5, 5.41) is 9.37. The highest BCUT2D eigenvalue weighted by atomic mass is 127. The topological polar surface area (TPSA) is 53.4 Å². The number of aliphatic hydroxyl groups excluding tert-OH is 1. The van der Waals surface area contributed by atoms with Gasteiger partial charge in [-0.25, -0.2) is 4.98 Å². The largest absolute Gasteiger partial charge is 0.391 e. The van der Waals surface area contributed by atoms with Crippen LogP contribution in [0.15, 0.2) is 16.7 Å². The van der Waals surface area contributed by atoms with Crippen molar-refractivity contribution in [3.05, 3.63) is 20.3 Å². The molecule has 2 rings (SSSR count). The lowest BCUT2D eigenvalue weighted by atomic mass is 10.3. The third-order valence-electron chi connectivity index (χ3n) is 2.15. The number of hydrogen-bond donors (Lipinski definition) is 1. The number of hydrogen-bond acceptors (Lipinski definition) is 3. The van der Waals surface area contributed by atoms with Crippen molar-refractivity contribution in [1.29, 1.82) is 0 Å². The van der Waals surface area contributed by atoms with Crippen LogP contribution in [0.5, 0.6) is 0 Å². The fourth-order valence-electron chi connectivity index (χ4n) is 1.50. The van der Waals surface area contributed by atoms with Crippen LogP contribution >= 0.6 is 38.5 Å². The van der Waals surface area contributed by atoms with Crippen LogP contribution < -0.4 is 4.90 Å². The summed E-state index contributed by atoms with van der Waals surface area (Å²) >= 11 is 5.44. The number of pyridine rings is 1. The second kappa shape index (κ2) is 4.34. The van der Waals surface area contributed by atoms with Gasteiger partial charge in [0.25, 0.3) is 0 Å². The van der Waals surface area contributed by atoms with Gasteiger partial charge in [0, 0.05) is 10.7 Å². The first kappa shape index (κ1) is 11.3. The number of aliphatic hydroxyl groups is 1. The van der Waals surface area contributed by atoms with Crippen LogP contribution in [-0.4, -0.2) is 28.6 Å². The Balaban J connectivity index is 2.34. The average Bonchev–Trinajstić information content (AvgIpc) is 2.45. The maximum absolute atomic E-state index is 11.5. The summed E-state index contributed by atoms with van der Waals surface area (Å²) in [4.78, 5) is 17.2. The van der Waals surface area contributed by atoms with Gasteiger partial charge in [-0.2, -0.15) is 0 Å². The van der Waals surface area contributed by atoms with Crippen LogP contribution in [0.25, 0.3) is 0 Å². The maximum Gasteiger partial charge on any atom is 0.230 e.